The molecule has 24 heavy (non-hydrogen) atoms. The van der Waals surface area contributed by atoms with E-state index in [-0.39, 0.29) is 18.6 Å². The van der Waals surface area contributed by atoms with Crippen molar-refractivity contribution >= 4 is 11.9 Å². The minimum Gasteiger partial charge on any atom is -0.462 e. The second-order valence-corrected chi connectivity index (χ2v) is 6.96. The van der Waals surface area contributed by atoms with E-state index >= 15 is 0 Å². The van der Waals surface area contributed by atoms with Gasteiger partial charge in [0.15, 0.2) is 6.29 Å². The van der Waals surface area contributed by atoms with Gasteiger partial charge in [0.25, 0.3) is 0 Å². The van der Waals surface area contributed by atoms with E-state index in [2.05, 4.69) is 13.2 Å². The van der Waals surface area contributed by atoms with Crippen molar-refractivity contribution in [1.29, 1.82) is 0 Å². The summed E-state index contributed by atoms with van der Waals surface area (Å²) in [6.07, 6.45) is 1.36. The van der Waals surface area contributed by atoms with Crippen LogP contribution in [0.4, 0.5) is 0 Å². The smallest absolute Gasteiger partial charge is 0.333 e. The molecular weight excluding hydrogens is 312 g/mol. The van der Waals surface area contributed by atoms with Crippen LogP contribution >= 0.6 is 0 Å². The highest BCUT2D eigenvalue weighted by atomic mass is 16.7. The first-order chi connectivity index (χ1) is 11.2. The molecule has 1 heterocycles. The van der Waals surface area contributed by atoms with Gasteiger partial charge in [-0.3, -0.25) is 0 Å². The zero-order valence-electron chi connectivity index (χ0n) is 15.1. The molecule has 1 aliphatic rings. The van der Waals surface area contributed by atoms with Gasteiger partial charge in [-0.05, 0) is 13.3 Å². The van der Waals surface area contributed by atoms with Gasteiger partial charge in [0.1, 0.15) is 13.2 Å². The maximum absolute atomic E-state index is 11.6. The first-order valence-corrected chi connectivity index (χ1v) is 8.01. The summed E-state index contributed by atoms with van der Waals surface area (Å²) >= 11 is 0. The molecule has 0 amide bonds. The lowest BCUT2D eigenvalue weighted by Crippen LogP contribution is -2.50. The fourth-order valence-corrected chi connectivity index (χ4v) is 2.16. The van der Waals surface area contributed by atoms with Crippen LogP contribution in [0.25, 0.3) is 0 Å². The van der Waals surface area contributed by atoms with Gasteiger partial charge < -0.3 is 18.9 Å². The number of esters is 2. The lowest BCUT2D eigenvalue weighted by molar-refractivity contribution is -0.280. The molecule has 0 radical (unpaired) electrons. The predicted octanol–water partition coefficient (Wildman–Crippen LogP) is 2.63. The van der Waals surface area contributed by atoms with Crippen molar-refractivity contribution in [3.63, 3.8) is 0 Å². The Morgan fingerprint density at radius 2 is 1.88 bits per heavy atom. The van der Waals surface area contributed by atoms with Crippen molar-refractivity contribution < 1.29 is 28.5 Å². The molecule has 1 fully saturated rings. The van der Waals surface area contributed by atoms with E-state index in [0.29, 0.717) is 18.8 Å². The van der Waals surface area contributed by atoms with Crippen molar-refractivity contribution in [2.75, 3.05) is 26.4 Å². The van der Waals surface area contributed by atoms with Gasteiger partial charge in [-0.25, -0.2) is 9.59 Å². The molecule has 0 N–H and O–H groups in total. The first-order valence-electron chi connectivity index (χ1n) is 8.01. The lowest BCUT2D eigenvalue weighted by Gasteiger charge is -2.43. The normalized spacial score (nSPS) is 24.1. The summed E-state index contributed by atoms with van der Waals surface area (Å²) in [5.74, 6) is -0.893. The number of carbonyl (C=O) groups is 2. The maximum Gasteiger partial charge on any atom is 0.333 e. The molecule has 136 valence electrons. The van der Waals surface area contributed by atoms with Crippen LogP contribution < -0.4 is 0 Å². The topological polar surface area (TPSA) is 71.1 Å². The Morgan fingerprint density at radius 3 is 2.33 bits per heavy atom. The summed E-state index contributed by atoms with van der Waals surface area (Å²) < 4.78 is 22.1. The Morgan fingerprint density at radius 1 is 1.29 bits per heavy atom. The molecule has 1 rings (SSSR count). The quantitative estimate of drug-likeness (QED) is 0.500. The highest BCUT2D eigenvalue weighted by molar-refractivity contribution is 5.86. The van der Waals surface area contributed by atoms with Gasteiger partial charge in [-0.15, -0.1) is 0 Å². The third kappa shape index (κ3) is 5.46. The number of hydrogen-bond acceptors (Lipinski definition) is 6. The molecule has 0 aromatic rings. The van der Waals surface area contributed by atoms with Gasteiger partial charge in [0.2, 0.25) is 0 Å². The highest BCUT2D eigenvalue weighted by Gasteiger charge is 2.42. The van der Waals surface area contributed by atoms with Crippen LogP contribution in [0.2, 0.25) is 0 Å². The molecule has 6 heteroatoms. The molecular formula is C18H28O6. The van der Waals surface area contributed by atoms with Crippen LogP contribution in [0.3, 0.4) is 0 Å². The van der Waals surface area contributed by atoms with Crippen LogP contribution in [-0.4, -0.2) is 44.7 Å². The Bertz CT molecular complexity index is 486. The number of ether oxygens (including phenoxy) is 4. The fourth-order valence-electron chi connectivity index (χ4n) is 2.16. The SMILES string of the molecule is C=CC(=O)OCC(C)(C)C1OCC(CC)(COC(=O)C(=C)C)CO1. The summed E-state index contributed by atoms with van der Waals surface area (Å²) in [6, 6.07) is 0. The average molecular weight is 340 g/mol. The van der Waals surface area contributed by atoms with Crippen LogP contribution in [0, 0.1) is 10.8 Å². The largest absolute Gasteiger partial charge is 0.462 e. The van der Waals surface area contributed by atoms with Crippen LogP contribution in [0.1, 0.15) is 34.1 Å². The molecule has 0 bridgehead atoms. The summed E-state index contributed by atoms with van der Waals surface area (Å²) in [5.41, 5.74) is -0.524. The Kier molecular flexibility index (Phi) is 7.17. The Hall–Kier alpha value is -1.66. The molecule has 0 unspecified atom stereocenters. The third-order valence-electron chi connectivity index (χ3n) is 4.08. The lowest BCUT2D eigenvalue weighted by atomic mass is 9.85. The molecule has 0 atom stereocenters. The van der Waals surface area contributed by atoms with E-state index in [4.69, 9.17) is 18.9 Å². The van der Waals surface area contributed by atoms with Crippen molar-refractivity contribution in [3.8, 4) is 0 Å². The van der Waals surface area contributed by atoms with E-state index in [1.54, 1.807) is 6.92 Å². The number of rotatable bonds is 8. The van der Waals surface area contributed by atoms with E-state index in [1.165, 1.54) is 0 Å². The molecule has 0 aliphatic carbocycles. The van der Waals surface area contributed by atoms with E-state index < -0.39 is 23.6 Å². The predicted molar refractivity (Wildman–Crippen MR) is 89.1 cm³/mol. The summed E-state index contributed by atoms with van der Waals surface area (Å²) in [6.45, 7) is 15.5. The molecule has 0 aromatic heterocycles. The Balaban J connectivity index is 2.58. The van der Waals surface area contributed by atoms with E-state index in [1.807, 2.05) is 20.8 Å². The molecule has 0 aromatic carbocycles. The van der Waals surface area contributed by atoms with Crippen molar-refractivity contribution in [2.45, 2.75) is 40.4 Å². The number of carbonyl (C=O) groups excluding carboxylic acids is 2. The van der Waals surface area contributed by atoms with Crippen LogP contribution in [-0.2, 0) is 28.5 Å². The van der Waals surface area contributed by atoms with Crippen LogP contribution in [0.5, 0.6) is 0 Å². The van der Waals surface area contributed by atoms with Gasteiger partial charge in [0, 0.05) is 17.1 Å². The standard InChI is InChI=1S/C18H28O6/c1-7-14(19)21-9-17(5,6)16-23-11-18(8-2,12-24-16)10-22-15(20)13(3)4/h7,16H,1,3,8-12H2,2,4-6H3. The molecule has 0 saturated carbocycles. The first kappa shape index (κ1) is 20.4. The summed E-state index contributed by atoms with van der Waals surface area (Å²) in [4.78, 5) is 22.8. The Labute approximate surface area is 143 Å². The van der Waals surface area contributed by atoms with Gasteiger partial charge in [-0.2, -0.15) is 0 Å². The third-order valence-corrected chi connectivity index (χ3v) is 4.08. The zero-order valence-corrected chi connectivity index (χ0v) is 15.1. The fraction of sp³-hybridized carbons (Fsp3) is 0.667. The zero-order chi connectivity index (χ0) is 18.4. The monoisotopic (exact) mass is 340 g/mol. The van der Waals surface area contributed by atoms with Crippen molar-refractivity contribution in [1.82, 2.24) is 0 Å². The second-order valence-electron chi connectivity index (χ2n) is 6.96. The molecule has 1 saturated heterocycles. The minimum absolute atomic E-state index is 0.159. The molecule has 6 nitrogen and oxygen atoms in total. The van der Waals surface area contributed by atoms with Gasteiger partial charge >= 0.3 is 11.9 Å². The summed E-state index contributed by atoms with van der Waals surface area (Å²) in [7, 11) is 0. The van der Waals surface area contributed by atoms with Crippen molar-refractivity contribution in [3.05, 3.63) is 24.8 Å². The average Bonchev–Trinajstić information content (AvgIpc) is 2.57. The van der Waals surface area contributed by atoms with Gasteiger partial charge in [0.05, 0.1) is 18.6 Å². The second kappa shape index (κ2) is 8.44. The van der Waals surface area contributed by atoms with Crippen molar-refractivity contribution in [2.24, 2.45) is 10.8 Å². The molecule has 1 aliphatic heterocycles. The van der Waals surface area contributed by atoms with E-state index in [9.17, 15) is 9.59 Å². The highest BCUT2D eigenvalue weighted by Crippen LogP contribution is 2.35. The minimum atomic E-state index is -0.508. The number of hydrogen-bond donors (Lipinski definition) is 0. The van der Waals surface area contributed by atoms with Crippen LogP contribution in [0.15, 0.2) is 24.8 Å². The maximum atomic E-state index is 11.6. The van der Waals surface area contributed by atoms with Gasteiger partial charge in [-0.1, -0.05) is 33.9 Å². The van der Waals surface area contributed by atoms with E-state index in [0.717, 1.165) is 12.5 Å². The molecule has 0 spiro atoms. The summed E-state index contributed by atoms with van der Waals surface area (Å²) in [5, 5.41) is 0.